The van der Waals surface area contributed by atoms with Crippen molar-refractivity contribution in [3.63, 3.8) is 0 Å². The zero-order valence-corrected chi connectivity index (χ0v) is 16.8. The highest BCUT2D eigenvalue weighted by Crippen LogP contribution is 2.42. The van der Waals surface area contributed by atoms with Gasteiger partial charge in [0.15, 0.2) is 0 Å². The van der Waals surface area contributed by atoms with Gasteiger partial charge in [0, 0.05) is 15.0 Å². The van der Waals surface area contributed by atoms with Crippen LogP contribution in [0.5, 0.6) is 0 Å². The third-order valence-electron chi connectivity index (χ3n) is 5.28. The first-order valence-corrected chi connectivity index (χ1v) is 9.64. The average Bonchev–Trinajstić information content (AvgIpc) is 2.43. The molecular weight excluding hydrogens is 390 g/mol. The van der Waals surface area contributed by atoms with Crippen molar-refractivity contribution in [2.75, 3.05) is 5.32 Å². The van der Waals surface area contributed by atoms with Gasteiger partial charge in [0.05, 0.1) is 5.69 Å². The predicted molar refractivity (Wildman–Crippen MR) is 100 cm³/mol. The largest absolute Gasteiger partial charge is 0.380 e. The number of hydrogen-bond donors (Lipinski definition) is 1. The maximum atomic E-state index is 3.74. The Bertz CT molecular complexity index is 465. The van der Waals surface area contributed by atoms with Crippen LogP contribution in [0.4, 0.5) is 5.69 Å². The molecule has 0 bridgehead atoms. The van der Waals surface area contributed by atoms with E-state index in [9.17, 15) is 0 Å². The average molecular weight is 417 g/mol. The van der Waals surface area contributed by atoms with E-state index in [4.69, 9.17) is 0 Å². The van der Waals surface area contributed by atoms with Crippen molar-refractivity contribution in [2.24, 2.45) is 11.3 Å². The molecule has 1 saturated carbocycles. The molecule has 0 atom stereocenters. The molecular formula is C18H27Br2N. The van der Waals surface area contributed by atoms with Crippen LogP contribution in [-0.4, -0.2) is 6.04 Å². The summed E-state index contributed by atoms with van der Waals surface area (Å²) in [4.78, 5) is 0. The van der Waals surface area contributed by atoms with E-state index >= 15 is 0 Å². The van der Waals surface area contributed by atoms with Crippen molar-refractivity contribution < 1.29 is 0 Å². The molecule has 1 aromatic carbocycles. The fourth-order valence-corrected chi connectivity index (χ4v) is 4.99. The van der Waals surface area contributed by atoms with E-state index in [0.29, 0.717) is 11.5 Å². The molecule has 0 radical (unpaired) electrons. The molecule has 2 rings (SSSR count). The SMILES string of the molecule is CCC(C)(C)C1CCC(Nc2c(Br)cc(C)cc2Br)CC1. The summed E-state index contributed by atoms with van der Waals surface area (Å²) in [6.45, 7) is 9.30. The van der Waals surface area contributed by atoms with Gasteiger partial charge in [0.1, 0.15) is 0 Å². The monoisotopic (exact) mass is 415 g/mol. The Morgan fingerprint density at radius 3 is 2.10 bits per heavy atom. The molecule has 1 aliphatic rings. The zero-order valence-electron chi connectivity index (χ0n) is 13.6. The van der Waals surface area contributed by atoms with E-state index in [1.807, 2.05) is 0 Å². The molecule has 1 nitrogen and oxygen atoms in total. The summed E-state index contributed by atoms with van der Waals surface area (Å²) in [6, 6.07) is 4.96. The molecule has 0 aliphatic heterocycles. The zero-order chi connectivity index (χ0) is 15.6. The van der Waals surface area contributed by atoms with Crippen LogP contribution in [0.2, 0.25) is 0 Å². The van der Waals surface area contributed by atoms with Crippen LogP contribution in [0, 0.1) is 18.3 Å². The first-order chi connectivity index (χ1) is 9.83. The van der Waals surface area contributed by atoms with Crippen molar-refractivity contribution in [1.29, 1.82) is 0 Å². The van der Waals surface area contributed by atoms with Crippen LogP contribution >= 0.6 is 31.9 Å². The second-order valence-corrected chi connectivity index (χ2v) is 8.85. The number of hydrogen-bond acceptors (Lipinski definition) is 1. The Kier molecular flexibility index (Phi) is 5.81. The van der Waals surface area contributed by atoms with Crippen molar-refractivity contribution in [3.8, 4) is 0 Å². The third kappa shape index (κ3) is 4.25. The van der Waals surface area contributed by atoms with Crippen LogP contribution < -0.4 is 5.32 Å². The lowest BCUT2D eigenvalue weighted by Gasteiger charge is -2.39. The number of nitrogens with one attached hydrogen (secondary N) is 1. The topological polar surface area (TPSA) is 12.0 Å². The first-order valence-electron chi connectivity index (χ1n) is 8.05. The van der Waals surface area contributed by atoms with Gasteiger partial charge in [-0.2, -0.15) is 0 Å². The van der Waals surface area contributed by atoms with E-state index in [-0.39, 0.29) is 0 Å². The van der Waals surface area contributed by atoms with Crippen LogP contribution in [0.15, 0.2) is 21.1 Å². The molecule has 1 fully saturated rings. The molecule has 0 aromatic heterocycles. The number of halogens is 2. The molecule has 0 spiro atoms. The maximum Gasteiger partial charge on any atom is 0.0631 e. The molecule has 0 unspecified atom stereocenters. The first kappa shape index (κ1) is 17.3. The number of rotatable bonds is 4. The lowest BCUT2D eigenvalue weighted by molar-refractivity contribution is 0.147. The number of benzene rings is 1. The second kappa shape index (κ2) is 7.04. The summed E-state index contributed by atoms with van der Waals surface area (Å²) in [5.74, 6) is 0.880. The number of aryl methyl sites for hydroxylation is 1. The van der Waals surface area contributed by atoms with Crippen molar-refractivity contribution in [3.05, 3.63) is 26.6 Å². The highest BCUT2D eigenvalue weighted by molar-refractivity contribution is 9.11. The van der Waals surface area contributed by atoms with Crippen LogP contribution in [0.3, 0.4) is 0 Å². The lowest BCUT2D eigenvalue weighted by atomic mass is 9.69. The van der Waals surface area contributed by atoms with E-state index in [1.165, 1.54) is 43.4 Å². The van der Waals surface area contributed by atoms with Gasteiger partial charge in [-0.25, -0.2) is 0 Å². The van der Waals surface area contributed by atoms with Gasteiger partial charge in [-0.1, -0.05) is 27.2 Å². The highest BCUT2D eigenvalue weighted by atomic mass is 79.9. The fourth-order valence-electron chi connectivity index (χ4n) is 3.35. The predicted octanol–water partition coefficient (Wildman–Crippen LogP) is 6.93. The Hall–Kier alpha value is -0.0200. The molecule has 1 aliphatic carbocycles. The summed E-state index contributed by atoms with van der Waals surface area (Å²) in [6.07, 6.45) is 6.53. The normalized spacial score (nSPS) is 23.1. The van der Waals surface area contributed by atoms with Crippen LogP contribution in [-0.2, 0) is 0 Å². The fraction of sp³-hybridized carbons (Fsp3) is 0.667. The van der Waals surface area contributed by atoms with E-state index < -0.39 is 0 Å². The molecule has 1 aromatic rings. The summed E-state index contributed by atoms with van der Waals surface area (Å²) in [5, 5.41) is 3.74. The number of anilines is 1. The molecule has 0 amide bonds. The van der Waals surface area contributed by atoms with Gasteiger partial charge in [-0.05, 0) is 93.5 Å². The molecule has 0 heterocycles. The van der Waals surface area contributed by atoms with Crippen molar-refractivity contribution in [1.82, 2.24) is 0 Å². The highest BCUT2D eigenvalue weighted by Gasteiger charge is 2.31. The van der Waals surface area contributed by atoms with Gasteiger partial charge >= 0.3 is 0 Å². The minimum atomic E-state index is 0.496. The third-order valence-corrected chi connectivity index (χ3v) is 6.53. The Morgan fingerprint density at radius 1 is 1.10 bits per heavy atom. The molecule has 3 heteroatoms. The standard InChI is InChI=1S/C18H27Br2N/c1-5-18(3,4)13-6-8-14(9-7-13)21-17-15(19)10-12(2)11-16(17)20/h10-11,13-14,21H,5-9H2,1-4H3. The van der Waals surface area contributed by atoms with Gasteiger partial charge in [-0.3, -0.25) is 0 Å². The summed E-state index contributed by atoms with van der Waals surface area (Å²) in [5.41, 5.74) is 2.97. The summed E-state index contributed by atoms with van der Waals surface area (Å²) in [7, 11) is 0. The molecule has 0 saturated heterocycles. The summed E-state index contributed by atoms with van der Waals surface area (Å²) >= 11 is 7.37. The van der Waals surface area contributed by atoms with E-state index in [0.717, 1.165) is 14.9 Å². The Balaban J connectivity index is 1.98. The van der Waals surface area contributed by atoms with Gasteiger partial charge < -0.3 is 5.32 Å². The van der Waals surface area contributed by atoms with Gasteiger partial charge in [-0.15, -0.1) is 0 Å². The minimum absolute atomic E-state index is 0.496. The molecule has 118 valence electrons. The lowest BCUT2D eigenvalue weighted by Crippen LogP contribution is -2.32. The van der Waals surface area contributed by atoms with E-state index in [1.54, 1.807) is 0 Å². The quantitative estimate of drug-likeness (QED) is 0.561. The summed E-state index contributed by atoms with van der Waals surface area (Å²) < 4.78 is 2.32. The second-order valence-electron chi connectivity index (χ2n) is 7.14. The smallest absolute Gasteiger partial charge is 0.0631 e. The Morgan fingerprint density at radius 2 is 1.62 bits per heavy atom. The van der Waals surface area contributed by atoms with Gasteiger partial charge in [0.25, 0.3) is 0 Å². The molecule has 21 heavy (non-hydrogen) atoms. The molecule has 1 N–H and O–H groups in total. The van der Waals surface area contributed by atoms with Gasteiger partial charge in [0.2, 0.25) is 0 Å². The maximum absolute atomic E-state index is 3.74. The van der Waals surface area contributed by atoms with Crippen molar-refractivity contribution in [2.45, 2.75) is 65.8 Å². The van der Waals surface area contributed by atoms with Crippen molar-refractivity contribution >= 4 is 37.5 Å². The Labute approximate surface area is 146 Å². The minimum Gasteiger partial charge on any atom is -0.380 e. The van der Waals surface area contributed by atoms with Crippen LogP contribution in [0.1, 0.15) is 58.4 Å². The van der Waals surface area contributed by atoms with E-state index in [2.05, 4.69) is 77.0 Å². The van der Waals surface area contributed by atoms with Crippen LogP contribution in [0.25, 0.3) is 0 Å².